The van der Waals surface area contributed by atoms with E-state index in [9.17, 15) is 4.79 Å². The Morgan fingerprint density at radius 1 is 1.39 bits per heavy atom. The van der Waals surface area contributed by atoms with Gasteiger partial charge in [0.05, 0.1) is 13.7 Å². The smallest absolute Gasteiger partial charge is 0.323 e. The molecule has 5 heteroatoms. The zero-order chi connectivity index (χ0) is 13.2. The molecule has 0 aromatic heterocycles. The molecule has 0 amide bonds. The molecular formula is C13H19NO3S. The lowest BCUT2D eigenvalue weighted by molar-refractivity contribution is -0.141. The Hall–Kier alpha value is -1.20. The second kappa shape index (κ2) is 8.83. The highest BCUT2D eigenvalue weighted by Crippen LogP contribution is 2.10. The monoisotopic (exact) mass is 269 g/mol. The number of hydrogen-bond acceptors (Lipinski definition) is 5. The Kier molecular flexibility index (Phi) is 7.29. The number of carbonyl (C=O) groups excluding carboxylic acids is 1. The van der Waals surface area contributed by atoms with Crippen LogP contribution in [0, 0.1) is 0 Å². The second-order valence-corrected chi connectivity index (χ2v) is 4.87. The molecule has 1 aromatic carbocycles. The molecule has 0 heterocycles. The number of nitrogens with two attached hydrogens (primary N) is 1. The van der Waals surface area contributed by atoms with Crippen LogP contribution in [0.3, 0.4) is 0 Å². The molecule has 2 N–H and O–H groups in total. The number of hydrogen-bond donors (Lipinski definition) is 1. The van der Waals surface area contributed by atoms with Crippen LogP contribution in [0.1, 0.15) is 6.42 Å². The average molecular weight is 269 g/mol. The van der Waals surface area contributed by atoms with Gasteiger partial charge in [0.2, 0.25) is 0 Å². The Balaban J connectivity index is 2.01. The van der Waals surface area contributed by atoms with Crippen molar-refractivity contribution in [2.24, 2.45) is 5.73 Å². The maximum Gasteiger partial charge on any atom is 0.323 e. The van der Waals surface area contributed by atoms with Crippen molar-refractivity contribution in [3.63, 3.8) is 0 Å². The maximum atomic E-state index is 11.0. The summed E-state index contributed by atoms with van der Waals surface area (Å²) in [5.74, 6) is 2.02. The van der Waals surface area contributed by atoms with E-state index in [1.54, 1.807) is 11.8 Å². The number of para-hydroxylation sites is 1. The van der Waals surface area contributed by atoms with Crippen LogP contribution >= 0.6 is 11.8 Å². The minimum Gasteiger partial charge on any atom is -0.494 e. The summed E-state index contributed by atoms with van der Waals surface area (Å²) >= 11 is 1.63. The predicted molar refractivity (Wildman–Crippen MR) is 73.9 cm³/mol. The van der Waals surface area contributed by atoms with E-state index in [-0.39, 0.29) is 5.97 Å². The Morgan fingerprint density at radius 2 is 2.11 bits per heavy atom. The number of carbonyl (C=O) groups is 1. The van der Waals surface area contributed by atoms with E-state index in [0.29, 0.717) is 12.4 Å². The fraction of sp³-hybridized carbons (Fsp3) is 0.462. The lowest BCUT2D eigenvalue weighted by Gasteiger charge is -2.09. The van der Waals surface area contributed by atoms with Crippen molar-refractivity contribution in [2.45, 2.75) is 12.5 Å². The first-order valence-corrected chi connectivity index (χ1v) is 6.98. The predicted octanol–water partition coefficient (Wildman–Crippen LogP) is 1.69. The summed E-state index contributed by atoms with van der Waals surface area (Å²) in [6.07, 6.45) is 0.924. The van der Waals surface area contributed by atoms with Gasteiger partial charge < -0.3 is 15.2 Å². The van der Waals surface area contributed by atoms with E-state index in [2.05, 4.69) is 4.74 Å². The van der Waals surface area contributed by atoms with Crippen LogP contribution in [0.25, 0.3) is 0 Å². The summed E-state index contributed by atoms with van der Waals surface area (Å²) in [6.45, 7) is 0.671. The quantitative estimate of drug-likeness (QED) is 0.575. The normalized spacial score (nSPS) is 11.9. The highest BCUT2D eigenvalue weighted by Gasteiger charge is 2.12. The van der Waals surface area contributed by atoms with Crippen LogP contribution in [0.4, 0.5) is 0 Å². The third kappa shape index (κ3) is 5.93. The molecule has 0 bridgehead atoms. The summed E-state index contributed by atoms with van der Waals surface area (Å²) in [7, 11) is 1.35. The van der Waals surface area contributed by atoms with Crippen molar-refractivity contribution in [1.82, 2.24) is 0 Å². The van der Waals surface area contributed by atoms with Crippen molar-refractivity contribution in [3.05, 3.63) is 30.3 Å². The molecule has 0 radical (unpaired) electrons. The van der Waals surface area contributed by atoms with Crippen molar-refractivity contribution in [3.8, 4) is 5.75 Å². The Morgan fingerprint density at radius 3 is 2.78 bits per heavy atom. The number of thioether (sulfide) groups is 1. The molecule has 0 aliphatic rings. The van der Waals surface area contributed by atoms with Gasteiger partial charge in [0.25, 0.3) is 0 Å². The highest BCUT2D eigenvalue weighted by molar-refractivity contribution is 7.99. The van der Waals surface area contributed by atoms with Crippen molar-refractivity contribution in [1.29, 1.82) is 0 Å². The lowest BCUT2D eigenvalue weighted by atomic mass is 10.3. The molecule has 0 aliphatic carbocycles. The summed E-state index contributed by atoms with van der Waals surface area (Å²) in [5.41, 5.74) is 5.61. The maximum absolute atomic E-state index is 11.0. The average Bonchev–Trinajstić information content (AvgIpc) is 2.42. The van der Waals surface area contributed by atoms with Crippen LogP contribution in [0.5, 0.6) is 5.75 Å². The third-order valence-electron chi connectivity index (χ3n) is 2.25. The van der Waals surface area contributed by atoms with E-state index in [0.717, 1.165) is 17.9 Å². The minimum atomic E-state index is -0.532. The first kappa shape index (κ1) is 14.9. The van der Waals surface area contributed by atoms with Gasteiger partial charge in [-0.2, -0.15) is 11.8 Å². The first-order valence-electron chi connectivity index (χ1n) is 5.83. The van der Waals surface area contributed by atoms with E-state index in [1.165, 1.54) is 7.11 Å². The van der Waals surface area contributed by atoms with E-state index in [4.69, 9.17) is 10.5 Å². The molecule has 0 aliphatic heterocycles. The fourth-order valence-corrected chi connectivity index (χ4v) is 2.18. The number of benzene rings is 1. The molecule has 1 atom stereocenters. The molecule has 100 valence electrons. The highest BCUT2D eigenvalue weighted by atomic mass is 32.2. The van der Waals surface area contributed by atoms with Gasteiger partial charge in [-0.25, -0.2) is 0 Å². The van der Waals surface area contributed by atoms with Crippen LogP contribution in [-0.2, 0) is 9.53 Å². The fourth-order valence-electron chi connectivity index (χ4n) is 1.30. The van der Waals surface area contributed by atoms with Crippen LogP contribution < -0.4 is 10.5 Å². The molecule has 1 rings (SSSR count). The van der Waals surface area contributed by atoms with Gasteiger partial charge in [-0.05, 0) is 24.3 Å². The molecule has 1 aromatic rings. The summed E-state index contributed by atoms with van der Waals surface area (Å²) in [4.78, 5) is 11.0. The van der Waals surface area contributed by atoms with E-state index in [1.807, 2.05) is 30.3 Å². The van der Waals surface area contributed by atoms with Gasteiger partial charge in [0.1, 0.15) is 11.8 Å². The van der Waals surface area contributed by atoms with Crippen LogP contribution in [-0.4, -0.2) is 37.2 Å². The van der Waals surface area contributed by atoms with Gasteiger partial charge >= 0.3 is 5.97 Å². The minimum absolute atomic E-state index is 0.358. The molecule has 4 nitrogen and oxygen atoms in total. The summed E-state index contributed by atoms with van der Waals surface area (Å²) in [5, 5.41) is 0. The summed E-state index contributed by atoms with van der Waals surface area (Å²) < 4.78 is 10.1. The molecule has 0 fully saturated rings. The Bertz CT molecular complexity index is 345. The summed E-state index contributed by atoms with van der Waals surface area (Å²) in [6, 6.07) is 9.17. The van der Waals surface area contributed by atoms with Gasteiger partial charge in [-0.3, -0.25) is 4.79 Å². The van der Waals surface area contributed by atoms with Crippen LogP contribution in [0.15, 0.2) is 30.3 Å². The number of methoxy groups -OCH3 is 1. The number of rotatable bonds is 8. The van der Waals surface area contributed by atoms with Gasteiger partial charge in [-0.1, -0.05) is 18.2 Å². The second-order valence-electron chi connectivity index (χ2n) is 3.72. The Labute approximate surface area is 112 Å². The van der Waals surface area contributed by atoms with E-state index >= 15 is 0 Å². The van der Waals surface area contributed by atoms with Gasteiger partial charge in [0.15, 0.2) is 0 Å². The van der Waals surface area contributed by atoms with E-state index < -0.39 is 6.04 Å². The molecule has 0 saturated carbocycles. The van der Waals surface area contributed by atoms with Gasteiger partial charge in [-0.15, -0.1) is 0 Å². The van der Waals surface area contributed by atoms with Crippen molar-refractivity contribution >= 4 is 17.7 Å². The zero-order valence-electron chi connectivity index (χ0n) is 10.5. The molecule has 0 saturated heterocycles. The number of esters is 1. The third-order valence-corrected chi connectivity index (χ3v) is 3.42. The lowest BCUT2D eigenvalue weighted by Crippen LogP contribution is -2.33. The standard InChI is InChI=1S/C13H19NO3S/c1-16-13(15)12(14)10-18-9-5-8-17-11-6-3-2-4-7-11/h2-4,6-7,12H,5,8-10,14H2,1H3. The topological polar surface area (TPSA) is 61.5 Å². The van der Waals surface area contributed by atoms with Crippen molar-refractivity contribution < 1.29 is 14.3 Å². The molecule has 18 heavy (non-hydrogen) atoms. The molecular weight excluding hydrogens is 250 g/mol. The SMILES string of the molecule is COC(=O)C(N)CSCCCOc1ccccc1. The molecule has 0 spiro atoms. The zero-order valence-corrected chi connectivity index (χ0v) is 11.3. The molecule has 1 unspecified atom stereocenters. The van der Waals surface area contributed by atoms with Gasteiger partial charge in [0, 0.05) is 5.75 Å². The van der Waals surface area contributed by atoms with Crippen LogP contribution in [0.2, 0.25) is 0 Å². The van der Waals surface area contributed by atoms with Crippen molar-refractivity contribution in [2.75, 3.05) is 25.2 Å². The first-order chi connectivity index (χ1) is 8.74. The largest absolute Gasteiger partial charge is 0.494 e. The number of ether oxygens (including phenoxy) is 2.